The second-order valence-electron chi connectivity index (χ2n) is 4.58. The number of nitrogens with zero attached hydrogens (tertiary/aromatic N) is 1. The van der Waals surface area contributed by atoms with Crippen molar-refractivity contribution in [2.75, 3.05) is 5.32 Å². The summed E-state index contributed by atoms with van der Waals surface area (Å²) < 4.78 is 0. The minimum atomic E-state index is -0.974. The fourth-order valence-corrected chi connectivity index (χ4v) is 2.82. The second-order valence-corrected chi connectivity index (χ2v) is 5.44. The van der Waals surface area contributed by atoms with Crippen molar-refractivity contribution in [3.05, 3.63) is 23.2 Å². The number of allylic oxidation sites excluding steroid dienone is 2. The van der Waals surface area contributed by atoms with Gasteiger partial charge in [-0.05, 0) is 12.8 Å². The summed E-state index contributed by atoms with van der Waals surface area (Å²) in [7, 11) is 0. The molecule has 0 saturated carbocycles. The molecule has 2 rings (SSSR count). The number of carboxylic acid groups (broad SMARTS) is 1. The zero-order chi connectivity index (χ0) is 14.7. The van der Waals surface area contributed by atoms with Crippen LogP contribution < -0.4 is 5.32 Å². The van der Waals surface area contributed by atoms with Crippen molar-refractivity contribution in [1.82, 2.24) is 4.98 Å². The van der Waals surface area contributed by atoms with E-state index in [1.54, 1.807) is 11.5 Å². The fourth-order valence-electron chi connectivity index (χ4n) is 2.07. The number of hydrogen-bond acceptors (Lipinski definition) is 5. The first-order chi connectivity index (χ1) is 9.49. The van der Waals surface area contributed by atoms with Crippen LogP contribution in [0.25, 0.3) is 0 Å². The lowest BCUT2D eigenvalue weighted by Crippen LogP contribution is -2.34. The number of hydrogen-bond donors (Lipinski definition) is 2. The summed E-state index contributed by atoms with van der Waals surface area (Å²) in [6, 6.07) is 0. The predicted molar refractivity (Wildman–Crippen MR) is 73.7 cm³/mol. The van der Waals surface area contributed by atoms with Crippen molar-refractivity contribution >= 4 is 34.1 Å². The summed E-state index contributed by atoms with van der Waals surface area (Å²) in [5.74, 6) is -2.84. The third-order valence-electron chi connectivity index (χ3n) is 3.18. The van der Waals surface area contributed by atoms with Gasteiger partial charge in [0.2, 0.25) is 5.91 Å². The molecule has 0 radical (unpaired) electrons. The molecule has 2 N–H and O–H groups in total. The lowest BCUT2D eigenvalue weighted by Gasteiger charge is -2.23. The molecule has 0 bridgehead atoms. The van der Waals surface area contributed by atoms with Crippen LogP contribution in [0.2, 0.25) is 0 Å². The molecular formula is C13H14N2O4S. The third-order valence-corrected chi connectivity index (χ3v) is 3.94. The van der Waals surface area contributed by atoms with Crippen molar-refractivity contribution in [3.63, 3.8) is 0 Å². The van der Waals surface area contributed by atoms with Crippen molar-refractivity contribution < 1.29 is 19.5 Å². The summed E-state index contributed by atoms with van der Waals surface area (Å²) in [6.45, 7) is 1.40. The van der Waals surface area contributed by atoms with E-state index in [9.17, 15) is 14.4 Å². The van der Waals surface area contributed by atoms with Crippen LogP contribution in [-0.4, -0.2) is 27.8 Å². The van der Waals surface area contributed by atoms with Gasteiger partial charge in [0.15, 0.2) is 10.9 Å². The monoisotopic (exact) mass is 294 g/mol. The average Bonchev–Trinajstić information content (AvgIpc) is 2.87. The van der Waals surface area contributed by atoms with E-state index in [0.29, 0.717) is 23.7 Å². The number of nitrogens with one attached hydrogen (secondary N) is 1. The number of rotatable bonds is 4. The van der Waals surface area contributed by atoms with E-state index in [1.807, 2.05) is 6.08 Å². The van der Waals surface area contributed by atoms with Gasteiger partial charge in [0.25, 0.3) is 0 Å². The second kappa shape index (κ2) is 5.96. The van der Waals surface area contributed by atoms with Crippen molar-refractivity contribution in [1.29, 1.82) is 0 Å². The molecule has 1 aliphatic rings. The molecule has 6 nitrogen and oxygen atoms in total. The van der Waals surface area contributed by atoms with Crippen molar-refractivity contribution in [3.8, 4) is 0 Å². The number of carboxylic acids is 1. The highest BCUT2D eigenvalue weighted by atomic mass is 32.1. The Morgan fingerprint density at radius 2 is 1.95 bits per heavy atom. The minimum Gasteiger partial charge on any atom is -0.481 e. The van der Waals surface area contributed by atoms with Crippen LogP contribution in [0.15, 0.2) is 17.5 Å². The van der Waals surface area contributed by atoms with Gasteiger partial charge < -0.3 is 10.4 Å². The molecule has 1 heterocycles. The number of anilines is 1. The molecule has 1 amide bonds. The van der Waals surface area contributed by atoms with Crippen LogP contribution in [0.5, 0.6) is 0 Å². The number of carbonyl (C=O) groups is 3. The first-order valence-electron chi connectivity index (χ1n) is 6.14. The van der Waals surface area contributed by atoms with E-state index in [4.69, 9.17) is 5.11 Å². The first kappa shape index (κ1) is 14.4. The van der Waals surface area contributed by atoms with Crippen LogP contribution in [0, 0.1) is 11.8 Å². The summed E-state index contributed by atoms with van der Waals surface area (Å²) in [5, 5.41) is 13.6. The molecule has 1 aromatic rings. The van der Waals surface area contributed by atoms with Gasteiger partial charge in [-0.1, -0.05) is 12.2 Å². The maximum atomic E-state index is 12.1. The Hall–Kier alpha value is -2.02. The number of thiazole rings is 1. The largest absolute Gasteiger partial charge is 0.481 e. The zero-order valence-corrected chi connectivity index (χ0v) is 11.6. The van der Waals surface area contributed by atoms with Gasteiger partial charge in [0.05, 0.1) is 11.8 Å². The molecule has 0 aromatic carbocycles. The molecule has 0 spiro atoms. The van der Waals surface area contributed by atoms with Crippen LogP contribution in [-0.2, 0) is 9.59 Å². The van der Waals surface area contributed by atoms with E-state index in [1.165, 1.54) is 6.92 Å². The maximum Gasteiger partial charge on any atom is 0.307 e. The smallest absolute Gasteiger partial charge is 0.307 e. The molecule has 0 aliphatic heterocycles. The van der Waals surface area contributed by atoms with Gasteiger partial charge in [-0.3, -0.25) is 14.4 Å². The van der Waals surface area contributed by atoms with E-state index in [2.05, 4.69) is 10.3 Å². The Morgan fingerprint density at radius 3 is 2.50 bits per heavy atom. The molecule has 106 valence electrons. The quantitative estimate of drug-likeness (QED) is 0.653. The maximum absolute atomic E-state index is 12.1. The van der Waals surface area contributed by atoms with Gasteiger partial charge in [-0.2, -0.15) is 0 Å². The highest BCUT2D eigenvalue weighted by molar-refractivity contribution is 7.14. The Balaban J connectivity index is 2.08. The summed E-state index contributed by atoms with van der Waals surface area (Å²) >= 11 is 1.15. The van der Waals surface area contributed by atoms with Gasteiger partial charge in [-0.15, -0.1) is 11.3 Å². The van der Waals surface area contributed by atoms with Crippen LogP contribution in [0.4, 0.5) is 5.13 Å². The molecule has 0 saturated heterocycles. The normalized spacial score (nSPS) is 21.4. The SMILES string of the molecule is CC(=O)c1csc(NC(=O)C2CC=CCC2C(=O)O)n1. The van der Waals surface area contributed by atoms with E-state index in [0.717, 1.165) is 11.3 Å². The number of ketones is 1. The molecule has 20 heavy (non-hydrogen) atoms. The van der Waals surface area contributed by atoms with Crippen LogP contribution in [0.1, 0.15) is 30.3 Å². The third kappa shape index (κ3) is 3.11. The van der Waals surface area contributed by atoms with E-state index in [-0.39, 0.29) is 11.7 Å². The first-order valence-corrected chi connectivity index (χ1v) is 7.02. The summed E-state index contributed by atoms with van der Waals surface area (Å²) in [5.41, 5.74) is 0.295. The van der Waals surface area contributed by atoms with Crippen LogP contribution in [0.3, 0.4) is 0 Å². The molecule has 2 unspecified atom stereocenters. The summed E-state index contributed by atoms with van der Waals surface area (Å²) in [6.07, 6.45) is 4.34. The Morgan fingerprint density at radius 1 is 1.30 bits per heavy atom. The zero-order valence-electron chi connectivity index (χ0n) is 10.8. The van der Waals surface area contributed by atoms with Crippen molar-refractivity contribution in [2.45, 2.75) is 19.8 Å². The number of carbonyl (C=O) groups excluding carboxylic acids is 2. The summed E-state index contributed by atoms with van der Waals surface area (Å²) in [4.78, 5) is 38.4. The van der Waals surface area contributed by atoms with Gasteiger partial charge in [0, 0.05) is 12.3 Å². The van der Waals surface area contributed by atoms with Gasteiger partial charge in [-0.25, -0.2) is 4.98 Å². The van der Waals surface area contributed by atoms with E-state index < -0.39 is 17.8 Å². The Labute approximate surface area is 119 Å². The molecule has 2 atom stereocenters. The highest BCUT2D eigenvalue weighted by Gasteiger charge is 2.34. The number of Topliss-reactive ketones (excluding diaryl/α,β-unsaturated/α-hetero) is 1. The predicted octanol–water partition coefficient (Wildman–Crippen LogP) is 1.95. The molecule has 7 heteroatoms. The van der Waals surface area contributed by atoms with E-state index >= 15 is 0 Å². The number of amides is 1. The minimum absolute atomic E-state index is 0.175. The van der Waals surface area contributed by atoms with Gasteiger partial charge >= 0.3 is 5.97 Å². The molecule has 0 fully saturated rings. The Kier molecular flexibility index (Phi) is 4.29. The average molecular weight is 294 g/mol. The fraction of sp³-hybridized carbons (Fsp3) is 0.385. The number of aromatic nitrogens is 1. The Bertz CT molecular complexity index is 579. The van der Waals surface area contributed by atoms with Gasteiger partial charge in [0.1, 0.15) is 5.69 Å². The number of aliphatic carboxylic acids is 1. The van der Waals surface area contributed by atoms with Crippen molar-refractivity contribution in [2.24, 2.45) is 11.8 Å². The molecular weight excluding hydrogens is 280 g/mol. The topological polar surface area (TPSA) is 96.4 Å². The standard InChI is InChI=1S/C13H14N2O4S/c1-7(16)10-6-20-13(14-10)15-11(17)8-4-2-3-5-9(8)12(18)19/h2-3,6,8-9H,4-5H2,1H3,(H,18,19)(H,14,15,17). The lowest BCUT2D eigenvalue weighted by atomic mass is 9.82. The highest BCUT2D eigenvalue weighted by Crippen LogP contribution is 2.27. The lowest BCUT2D eigenvalue weighted by molar-refractivity contribution is -0.146. The van der Waals surface area contributed by atoms with Crippen LogP contribution >= 0.6 is 11.3 Å². The molecule has 1 aliphatic carbocycles. The molecule has 1 aromatic heterocycles.